The lowest BCUT2D eigenvalue weighted by molar-refractivity contribution is 0.242. The smallest absolute Gasteiger partial charge is 0.225 e. The third-order valence-corrected chi connectivity index (χ3v) is 5.43. The van der Waals surface area contributed by atoms with Crippen molar-refractivity contribution >= 4 is 5.95 Å². The number of piperazine rings is 1. The van der Waals surface area contributed by atoms with Crippen LogP contribution < -0.4 is 9.64 Å². The van der Waals surface area contributed by atoms with E-state index < -0.39 is 0 Å². The number of rotatable bonds is 5. The zero-order valence-electron chi connectivity index (χ0n) is 16.4. The van der Waals surface area contributed by atoms with Gasteiger partial charge in [-0.15, -0.1) is 0 Å². The van der Waals surface area contributed by atoms with Crippen LogP contribution in [0.3, 0.4) is 0 Å². The summed E-state index contributed by atoms with van der Waals surface area (Å²) in [4.78, 5) is 16.7. The maximum Gasteiger partial charge on any atom is 0.225 e. The van der Waals surface area contributed by atoms with Gasteiger partial charge in [0.25, 0.3) is 0 Å². The van der Waals surface area contributed by atoms with Crippen LogP contribution in [-0.2, 0) is 19.5 Å². The van der Waals surface area contributed by atoms with Crippen LogP contribution in [-0.4, -0.2) is 66.1 Å². The lowest BCUT2D eigenvalue weighted by atomic mass is 10.1. The topological polar surface area (TPSA) is 44.7 Å². The molecular weight excluding hydrogens is 338 g/mol. The molecule has 0 amide bonds. The summed E-state index contributed by atoms with van der Waals surface area (Å²) in [5.74, 6) is 1.84. The first kappa shape index (κ1) is 18.2. The van der Waals surface area contributed by atoms with Gasteiger partial charge in [0.2, 0.25) is 5.95 Å². The van der Waals surface area contributed by atoms with E-state index in [1.165, 1.54) is 16.8 Å². The number of anilines is 1. The second kappa shape index (κ2) is 8.23. The van der Waals surface area contributed by atoms with Crippen LogP contribution in [0.2, 0.25) is 0 Å². The Kier molecular flexibility index (Phi) is 5.55. The van der Waals surface area contributed by atoms with Crippen LogP contribution >= 0.6 is 0 Å². The number of likely N-dealkylation sites (N-methyl/N-ethyl adjacent to an activating group) is 1. The van der Waals surface area contributed by atoms with Crippen molar-refractivity contribution in [2.45, 2.75) is 26.4 Å². The predicted molar refractivity (Wildman–Crippen MR) is 107 cm³/mol. The van der Waals surface area contributed by atoms with Gasteiger partial charge in [-0.25, -0.2) is 9.97 Å². The first-order chi connectivity index (χ1) is 13.2. The monoisotopic (exact) mass is 367 g/mol. The number of nitrogens with zero attached hydrogens (tertiary/aromatic N) is 5. The van der Waals surface area contributed by atoms with Crippen molar-refractivity contribution in [2.24, 2.45) is 0 Å². The van der Waals surface area contributed by atoms with Crippen molar-refractivity contribution in [3.05, 3.63) is 47.3 Å². The van der Waals surface area contributed by atoms with Crippen LogP contribution in [0, 0.1) is 0 Å². The van der Waals surface area contributed by atoms with Gasteiger partial charge in [0.05, 0.1) is 12.3 Å². The summed E-state index contributed by atoms with van der Waals surface area (Å²) in [5, 5.41) is 0. The molecule has 6 heteroatoms. The molecule has 3 heterocycles. The van der Waals surface area contributed by atoms with E-state index in [0.717, 1.165) is 63.9 Å². The van der Waals surface area contributed by atoms with E-state index in [4.69, 9.17) is 9.72 Å². The molecule has 1 aromatic heterocycles. The maximum atomic E-state index is 5.53. The molecule has 6 nitrogen and oxygen atoms in total. The fourth-order valence-electron chi connectivity index (χ4n) is 3.77. The van der Waals surface area contributed by atoms with Gasteiger partial charge in [0.15, 0.2) is 0 Å². The number of benzene rings is 1. The van der Waals surface area contributed by atoms with E-state index >= 15 is 0 Å². The van der Waals surface area contributed by atoms with Gasteiger partial charge >= 0.3 is 0 Å². The van der Waals surface area contributed by atoms with Gasteiger partial charge in [0.1, 0.15) is 5.75 Å². The van der Waals surface area contributed by atoms with Crippen molar-refractivity contribution < 1.29 is 4.74 Å². The van der Waals surface area contributed by atoms with Crippen molar-refractivity contribution in [3.63, 3.8) is 0 Å². The SMILES string of the molecule is CCOc1ccc(CN2CCc3nc(N4CCN(C)CC4)ncc3C2)cc1. The lowest BCUT2D eigenvalue weighted by Crippen LogP contribution is -2.45. The highest BCUT2D eigenvalue weighted by Crippen LogP contribution is 2.22. The minimum absolute atomic E-state index is 0.707. The highest BCUT2D eigenvalue weighted by molar-refractivity contribution is 5.35. The Labute approximate surface area is 161 Å². The van der Waals surface area contributed by atoms with E-state index in [1.807, 2.05) is 13.1 Å². The zero-order valence-corrected chi connectivity index (χ0v) is 16.4. The van der Waals surface area contributed by atoms with Gasteiger partial charge in [-0.3, -0.25) is 4.90 Å². The van der Waals surface area contributed by atoms with E-state index in [9.17, 15) is 0 Å². The zero-order chi connectivity index (χ0) is 18.6. The Hall–Kier alpha value is -2.18. The van der Waals surface area contributed by atoms with Crippen LogP contribution in [0.1, 0.15) is 23.7 Å². The van der Waals surface area contributed by atoms with Crippen LogP contribution in [0.15, 0.2) is 30.5 Å². The Morgan fingerprint density at radius 2 is 1.81 bits per heavy atom. The molecule has 1 saturated heterocycles. The van der Waals surface area contributed by atoms with Crippen LogP contribution in [0.5, 0.6) is 5.75 Å². The van der Waals surface area contributed by atoms with E-state index in [2.05, 4.69) is 51.0 Å². The van der Waals surface area contributed by atoms with Gasteiger partial charge in [-0.2, -0.15) is 0 Å². The standard InChI is InChI=1S/C21H29N5O/c1-3-27-19-6-4-17(5-7-19)15-25-9-8-20-18(16-25)14-22-21(23-20)26-12-10-24(2)11-13-26/h4-7,14H,3,8-13,15-16H2,1-2H3. The van der Waals surface area contributed by atoms with Crippen molar-refractivity contribution in [1.82, 2.24) is 19.8 Å². The van der Waals surface area contributed by atoms with E-state index in [0.29, 0.717) is 6.61 Å². The molecule has 2 aromatic rings. The molecule has 0 bridgehead atoms. The molecule has 2 aliphatic rings. The highest BCUT2D eigenvalue weighted by Gasteiger charge is 2.21. The lowest BCUT2D eigenvalue weighted by Gasteiger charge is -2.33. The fourth-order valence-corrected chi connectivity index (χ4v) is 3.77. The van der Waals surface area contributed by atoms with Gasteiger partial charge < -0.3 is 14.5 Å². The van der Waals surface area contributed by atoms with Crippen molar-refractivity contribution in [1.29, 1.82) is 0 Å². The molecule has 0 radical (unpaired) electrons. The Morgan fingerprint density at radius 1 is 1.04 bits per heavy atom. The minimum atomic E-state index is 0.707. The maximum absolute atomic E-state index is 5.53. The largest absolute Gasteiger partial charge is 0.494 e. The number of hydrogen-bond donors (Lipinski definition) is 0. The molecule has 0 saturated carbocycles. The molecule has 0 aliphatic carbocycles. The quantitative estimate of drug-likeness (QED) is 0.807. The molecule has 1 aromatic carbocycles. The van der Waals surface area contributed by atoms with Gasteiger partial charge in [-0.05, 0) is 31.7 Å². The summed E-state index contributed by atoms with van der Waals surface area (Å²) in [5.41, 5.74) is 3.81. The summed E-state index contributed by atoms with van der Waals surface area (Å²) >= 11 is 0. The molecule has 4 rings (SSSR count). The second-order valence-electron chi connectivity index (χ2n) is 7.47. The number of fused-ring (bicyclic) bond motifs is 1. The van der Waals surface area contributed by atoms with Crippen molar-refractivity contribution in [2.75, 3.05) is 51.3 Å². The fraction of sp³-hybridized carbons (Fsp3) is 0.524. The average Bonchev–Trinajstić information content (AvgIpc) is 2.70. The average molecular weight is 367 g/mol. The number of ether oxygens (including phenoxy) is 1. The van der Waals surface area contributed by atoms with Crippen molar-refractivity contribution in [3.8, 4) is 5.75 Å². The van der Waals surface area contributed by atoms with E-state index in [-0.39, 0.29) is 0 Å². The number of aromatic nitrogens is 2. The molecule has 0 unspecified atom stereocenters. The Morgan fingerprint density at radius 3 is 2.56 bits per heavy atom. The van der Waals surface area contributed by atoms with Gasteiger partial charge in [0, 0.05) is 64.0 Å². The summed E-state index contributed by atoms with van der Waals surface area (Å²) in [7, 11) is 2.17. The predicted octanol–water partition coefficient (Wildman–Crippen LogP) is 2.19. The molecule has 0 spiro atoms. The van der Waals surface area contributed by atoms with Crippen LogP contribution in [0.4, 0.5) is 5.95 Å². The first-order valence-electron chi connectivity index (χ1n) is 9.93. The summed E-state index contributed by atoms with van der Waals surface area (Å²) < 4.78 is 5.53. The van der Waals surface area contributed by atoms with Gasteiger partial charge in [-0.1, -0.05) is 12.1 Å². The molecule has 27 heavy (non-hydrogen) atoms. The highest BCUT2D eigenvalue weighted by atomic mass is 16.5. The third-order valence-electron chi connectivity index (χ3n) is 5.43. The molecule has 0 N–H and O–H groups in total. The summed E-state index contributed by atoms with van der Waals surface area (Å²) in [6, 6.07) is 8.44. The molecule has 2 aliphatic heterocycles. The van der Waals surface area contributed by atoms with Crippen LogP contribution in [0.25, 0.3) is 0 Å². The molecular formula is C21H29N5O. The minimum Gasteiger partial charge on any atom is -0.494 e. The molecule has 1 fully saturated rings. The second-order valence-corrected chi connectivity index (χ2v) is 7.47. The normalized spacial score (nSPS) is 18.4. The van der Waals surface area contributed by atoms with E-state index in [1.54, 1.807) is 0 Å². The Bertz CT molecular complexity index is 756. The number of hydrogen-bond acceptors (Lipinski definition) is 6. The first-order valence-corrected chi connectivity index (χ1v) is 9.93. The third kappa shape index (κ3) is 4.39. The molecule has 144 valence electrons. The molecule has 0 atom stereocenters. The summed E-state index contributed by atoms with van der Waals surface area (Å²) in [6.45, 7) is 9.82. The Balaban J connectivity index is 1.38. The summed E-state index contributed by atoms with van der Waals surface area (Å²) in [6.07, 6.45) is 3.04.